The summed E-state index contributed by atoms with van der Waals surface area (Å²) in [6, 6.07) is -0.190. The Morgan fingerprint density at radius 1 is 1.43 bits per heavy atom. The van der Waals surface area contributed by atoms with Crippen molar-refractivity contribution in [3.63, 3.8) is 0 Å². The molecular weight excluding hydrogens is 180 g/mol. The van der Waals surface area contributed by atoms with E-state index < -0.39 is 0 Å². The summed E-state index contributed by atoms with van der Waals surface area (Å²) in [5.41, 5.74) is 1.65. The molecule has 5 heteroatoms. The molecule has 1 aliphatic heterocycles. The molecule has 76 valence electrons. The van der Waals surface area contributed by atoms with Crippen LogP contribution in [0, 0.1) is 12.8 Å². The number of hydrogen-bond donors (Lipinski definition) is 3. The second-order valence-corrected chi connectivity index (χ2v) is 3.93. The molecule has 1 amide bonds. The topological polar surface area (TPSA) is 69.8 Å². The van der Waals surface area contributed by atoms with E-state index in [0.29, 0.717) is 0 Å². The first kappa shape index (κ1) is 9.05. The van der Waals surface area contributed by atoms with Crippen LogP contribution in [0.15, 0.2) is 0 Å². The lowest BCUT2D eigenvalue weighted by Gasteiger charge is -2.26. The summed E-state index contributed by atoms with van der Waals surface area (Å²) < 4.78 is 0. The summed E-state index contributed by atoms with van der Waals surface area (Å²) in [6.45, 7) is 5.88. The maximum atomic E-state index is 11.6. The average molecular weight is 194 g/mol. The molecule has 1 aromatic rings. The van der Waals surface area contributed by atoms with E-state index >= 15 is 0 Å². The maximum Gasteiger partial charge on any atom is 0.247 e. The van der Waals surface area contributed by atoms with E-state index in [4.69, 9.17) is 0 Å². The van der Waals surface area contributed by atoms with Crippen molar-refractivity contribution in [1.29, 1.82) is 0 Å². The summed E-state index contributed by atoms with van der Waals surface area (Å²) >= 11 is 0. The van der Waals surface area contributed by atoms with Crippen molar-refractivity contribution in [2.75, 3.05) is 10.6 Å². The van der Waals surface area contributed by atoms with Crippen LogP contribution in [-0.4, -0.2) is 22.1 Å². The van der Waals surface area contributed by atoms with Crippen molar-refractivity contribution in [2.24, 2.45) is 5.92 Å². The smallest absolute Gasteiger partial charge is 0.247 e. The van der Waals surface area contributed by atoms with E-state index in [2.05, 4.69) is 20.8 Å². The summed E-state index contributed by atoms with van der Waals surface area (Å²) in [4.78, 5) is 11.6. The normalized spacial score (nSPS) is 20.3. The second-order valence-electron chi connectivity index (χ2n) is 3.93. The predicted octanol–water partition coefficient (Wildman–Crippen LogP) is 1.11. The molecule has 1 unspecified atom stereocenters. The van der Waals surface area contributed by atoms with Gasteiger partial charge in [0.15, 0.2) is 5.82 Å². The van der Waals surface area contributed by atoms with Crippen LogP contribution >= 0.6 is 0 Å². The van der Waals surface area contributed by atoms with Gasteiger partial charge in [-0.25, -0.2) is 0 Å². The summed E-state index contributed by atoms with van der Waals surface area (Å²) in [6.07, 6.45) is 0. The van der Waals surface area contributed by atoms with Gasteiger partial charge in [-0.15, -0.1) is 0 Å². The Morgan fingerprint density at radius 3 is 2.79 bits per heavy atom. The molecule has 1 aromatic heterocycles. The Labute approximate surface area is 82.3 Å². The fourth-order valence-corrected chi connectivity index (χ4v) is 1.57. The van der Waals surface area contributed by atoms with Crippen LogP contribution in [0.4, 0.5) is 11.5 Å². The fourth-order valence-electron chi connectivity index (χ4n) is 1.57. The van der Waals surface area contributed by atoms with E-state index in [9.17, 15) is 4.79 Å². The third-order valence-electron chi connectivity index (χ3n) is 2.44. The molecule has 0 fully saturated rings. The maximum absolute atomic E-state index is 11.6. The van der Waals surface area contributed by atoms with Gasteiger partial charge in [0, 0.05) is 0 Å². The molecule has 0 bridgehead atoms. The summed E-state index contributed by atoms with van der Waals surface area (Å²) in [5.74, 6) is 0.998. The van der Waals surface area contributed by atoms with Gasteiger partial charge >= 0.3 is 0 Å². The minimum atomic E-state index is -0.190. The van der Waals surface area contributed by atoms with Crippen LogP contribution in [0.3, 0.4) is 0 Å². The van der Waals surface area contributed by atoms with E-state index in [1.807, 2.05) is 20.8 Å². The Bertz CT molecular complexity index is 369. The number of aromatic amines is 1. The van der Waals surface area contributed by atoms with E-state index in [0.717, 1.165) is 17.2 Å². The number of carbonyl (C=O) groups is 1. The summed E-state index contributed by atoms with van der Waals surface area (Å²) in [7, 11) is 0. The predicted molar refractivity (Wildman–Crippen MR) is 54.2 cm³/mol. The van der Waals surface area contributed by atoms with E-state index in [1.165, 1.54) is 0 Å². The van der Waals surface area contributed by atoms with Gasteiger partial charge in [0.1, 0.15) is 11.7 Å². The molecule has 2 rings (SSSR count). The first-order valence-corrected chi connectivity index (χ1v) is 4.72. The minimum Gasteiger partial charge on any atom is -0.355 e. The van der Waals surface area contributed by atoms with Crippen molar-refractivity contribution in [1.82, 2.24) is 10.2 Å². The molecule has 3 N–H and O–H groups in total. The summed E-state index contributed by atoms with van der Waals surface area (Å²) in [5, 5.41) is 12.9. The third-order valence-corrected chi connectivity index (χ3v) is 2.44. The Hall–Kier alpha value is -1.52. The van der Waals surface area contributed by atoms with Crippen LogP contribution in [0.2, 0.25) is 0 Å². The molecule has 0 spiro atoms. The third kappa shape index (κ3) is 1.25. The molecule has 14 heavy (non-hydrogen) atoms. The average Bonchev–Trinajstić information content (AvgIpc) is 2.46. The van der Waals surface area contributed by atoms with Crippen molar-refractivity contribution in [2.45, 2.75) is 26.8 Å². The molecule has 0 aromatic carbocycles. The molecule has 0 aliphatic carbocycles. The zero-order valence-corrected chi connectivity index (χ0v) is 8.51. The van der Waals surface area contributed by atoms with E-state index in [-0.39, 0.29) is 17.9 Å². The molecule has 0 saturated heterocycles. The number of rotatable bonds is 1. The number of anilines is 2. The number of nitrogens with one attached hydrogen (secondary N) is 3. The zero-order valence-electron chi connectivity index (χ0n) is 8.51. The van der Waals surface area contributed by atoms with Crippen molar-refractivity contribution >= 4 is 17.4 Å². The number of carbonyl (C=O) groups excluding carboxylic acids is 1. The quantitative estimate of drug-likeness (QED) is 0.627. The molecule has 0 radical (unpaired) electrons. The number of aryl methyl sites for hydroxylation is 1. The molecule has 0 saturated carbocycles. The van der Waals surface area contributed by atoms with E-state index in [1.54, 1.807) is 0 Å². The number of nitrogens with zero attached hydrogens (tertiary/aromatic N) is 1. The first-order valence-electron chi connectivity index (χ1n) is 4.72. The van der Waals surface area contributed by atoms with Gasteiger partial charge < -0.3 is 10.6 Å². The molecule has 1 atom stereocenters. The molecule has 5 nitrogen and oxygen atoms in total. The van der Waals surface area contributed by atoms with Crippen LogP contribution in [0.1, 0.15) is 19.5 Å². The lowest BCUT2D eigenvalue weighted by atomic mass is 10.0. The van der Waals surface area contributed by atoms with Gasteiger partial charge in [-0.2, -0.15) is 5.10 Å². The first-order chi connectivity index (χ1) is 6.59. The number of H-pyrrole nitrogens is 1. The highest BCUT2D eigenvalue weighted by Gasteiger charge is 2.30. The Balaban J connectivity index is 2.32. The van der Waals surface area contributed by atoms with Gasteiger partial charge in [0.2, 0.25) is 5.91 Å². The highest BCUT2D eigenvalue weighted by Crippen LogP contribution is 2.28. The second kappa shape index (κ2) is 3.01. The monoisotopic (exact) mass is 194 g/mol. The fraction of sp³-hybridized carbons (Fsp3) is 0.556. The van der Waals surface area contributed by atoms with Crippen molar-refractivity contribution in [3.8, 4) is 0 Å². The van der Waals surface area contributed by atoms with Crippen LogP contribution in [0.25, 0.3) is 0 Å². The number of fused-ring (bicyclic) bond motifs is 1. The minimum absolute atomic E-state index is 0.0111. The molecule has 1 aliphatic rings. The zero-order chi connectivity index (χ0) is 10.3. The van der Waals surface area contributed by atoms with Gasteiger partial charge in [-0.3, -0.25) is 9.89 Å². The van der Waals surface area contributed by atoms with Gasteiger partial charge in [0.25, 0.3) is 0 Å². The Kier molecular flexibility index (Phi) is 1.94. The van der Waals surface area contributed by atoms with Crippen LogP contribution in [0.5, 0.6) is 0 Å². The van der Waals surface area contributed by atoms with Gasteiger partial charge in [0.05, 0.1) is 5.69 Å². The van der Waals surface area contributed by atoms with Crippen LogP contribution < -0.4 is 10.6 Å². The number of aromatic nitrogens is 2. The van der Waals surface area contributed by atoms with Crippen molar-refractivity contribution in [3.05, 3.63) is 5.69 Å². The highest BCUT2D eigenvalue weighted by atomic mass is 16.2. The SMILES string of the molecule is Cc1[nH]nc2c1NC(=O)C(C(C)C)N2. The van der Waals surface area contributed by atoms with Crippen LogP contribution in [-0.2, 0) is 4.79 Å². The van der Waals surface area contributed by atoms with Crippen molar-refractivity contribution < 1.29 is 4.79 Å². The number of amides is 1. The molecular formula is C9H14N4O. The van der Waals surface area contributed by atoms with Gasteiger partial charge in [-0.05, 0) is 12.8 Å². The Morgan fingerprint density at radius 2 is 2.14 bits per heavy atom. The lowest BCUT2D eigenvalue weighted by Crippen LogP contribution is -2.42. The van der Waals surface area contributed by atoms with Gasteiger partial charge in [-0.1, -0.05) is 13.8 Å². The largest absolute Gasteiger partial charge is 0.355 e. The highest BCUT2D eigenvalue weighted by molar-refractivity contribution is 6.02. The standard InChI is InChI=1S/C9H14N4O/c1-4(2)6-9(14)11-7-5(3)12-13-8(7)10-6/h4,6H,1-3H3,(H,11,14)(H2,10,12,13). The molecule has 2 heterocycles. The number of hydrogen-bond acceptors (Lipinski definition) is 3. The lowest BCUT2D eigenvalue weighted by molar-refractivity contribution is -0.117.